The van der Waals surface area contributed by atoms with Crippen molar-refractivity contribution < 1.29 is 28.2 Å². The first-order valence-corrected chi connectivity index (χ1v) is 12.8. The predicted octanol–water partition coefficient (Wildman–Crippen LogP) is 4.13. The highest BCUT2D eigenvalue weighted by Crippen LogP contribution is 2.36. The summed E-state index contributed by atoms with van der Waals surface area (Å²) in [6, 6.07) is 17.7. The van der Waals surface area contributed by atoms with Crippen LogP contribution in [0.5, 0.6) is 11.5 Å². The van der Waals surface area contributed by atoms with Crippen LogP contribution in [0.25, 0.3) is 0 Å². The smallest absolute Gasteiger partial charge is 0.262 e. The van der Waals surface area contributed by atoms with Crippen molar-refractivity contribution >= 4 is 51.3 Å². The number of rotatable bonds is 11. The van der Waals surface area contributed by atoms with Crippen molar-refractivity contribution in [3.8, 4) is 11.5 Å². The number of halogens is 1. The number of hydrogen-bond acceptors (Lipinski definition) is 9. The lowest BCUT2D eigenvalue weighted by Gasteiger charge is -2.26. The number of anilines is 4. The van der Waals surface area contributed by atoms with Crippen LogP contribution >= 0.6 is 11.3 Å². The maximum atomic E-state index is 13.5. The molecule has 3 aromatic carbocycles. The molecule has 0 aliphatic carbocycles. The molecular weight excluding hydrogens is 537 g/mol. The van der Waals surface area contributed by atoms with E-state index in [0.717, 1.165) is 11.3 Å². The second-order valence-electron chi connectivity index (χ2n) is 8.55. The molecule has 0 saturated carbocycles. The van der Waals surface area contributed by atoms with Crippen molar-refractivity contribution in [2.45, 2.75) is 13.0 Å². The fourth-order valence-electron chi connectivity index (χ4n) is 3.67. The van der Waals surface area contributed by atoms with Crippen molar-refractivity contribution in [1.29, 1.82) is 0 Å². The lowest BCUT2D eigenvalue weighted by atomic mass is 10.1. The van der Waals surface area contributed by atoms with Gasteiger partial charge in [0.25, 0.3) is 5.91 Å². The van der Waals surface area contributed by atoms with Crippen LogP contribution in [0, 0.1) is 5.82 Å². The van der Waals surface area contributed by atoms with Crippen LogP contribution in [-0.2, 0) is 9.59 Å². The number of nitrogens with one attached hydrogen (secondary N) is 1. The number of hydrogen-bond donors (Lipinski definition) is 3. The molecule has 1 heterocycles. The summed E-state index contributed by atoms with van der Waals surface area (Å²) in [5.41, 5.74) is 13.0. The summed E-state index contributed by atoms with van der Waals surface area (Å²) < 4.78 is 24.1. The summed E-state index contributed by atoms with van der Waals surface area (Å²) in [5.74, 6) is -0.802. The first kappa shape index (κ1) is 28.0. The molecule has 0 spiro atoms. The van der Waals surface area contributed by atoms with Crippen molar-refractivity contribution in [3.63, 3.8) is 0 Å². The van der Waals surface area contributed by atoms with Crippen LogP contribution in [0.1, 0.15) is 22.2 Å². The summed E-state index contributed by atoms with van der Waals surface area (Å²) in [6.45, 7) is 1.34. The van der Waals surface area contributed by atoms with Gasteiger partial charge in [-0.05, 0) is 79.7 Å². The van der Waals surface area contributed by atoms with E-state index < -0.39 is 23.5 Å². The van der Waals surface area contributed by atoms with Crippen molar-refractivity contribution in [3.05, 3.63) is 89.1 Å². The molecule has 10 nitrogen and oxygen atoms in total. The quantitative estimate of drug-likeness (QED) is 0.231. The molecule has 40 heavy (non-hydrogen) atoms. The number of carbonyl (C=O) groups excluding carboxylic acids is 3. The minimum Gasteiger partial charge on any atom is -0.497 e. The minimum absolute atomic E-state index is 0.0238. The second kappa shape index (κ2) is 12.3. The molecular formula is C28H26FN5O5S. The molecule has 2 amide bonds. The molecule has 4 aromatic rings. The summed E-state index contributed by atoms with van der Waals surface area (Å²) in [5, 5.41) is 2.97. The largest absolute Gasteiger partial charge is 0.497 e. The third-order valence-corrected chi connectivity index (χ3v) is 6.89. The molecule has 1 unspecified atom stereocenters. The summed E-state index contributed by atoms with van der Waals surface area (Å²) in [6.07, 6.45) is 0. The highest BCUT2D eigenvalue weighted by atomic mass is 32.1. The lowest BCUT2D eigenvalue weighted by molar-refractivity contribution is -0.119. The molecule has 1 aromatic heterocycles. The van der Waals surface area contributed by atoms with E-state index in [1.165, 1.54) is 29.2 Å². The minimum atomic E-state index is -0.850. The van der Waals surface area contributed by atoms with Gasteiger partial charge in [0.05, 0.1) is 7.11 Å². The number of amides is 2. The highest BCUT2D eigenvalue weighted by molar-refractivity contribution is 7.18. The van der Waals surface area contributed by atoms with Crippen LogP contribution < -0.4 is 31.2 Å². The number of thiazole rings is 1. The maximum absolute atomic E-state index is 13.5. The Bertz CT molecular complexity index is 1510. The summed E-state index contributed by atoms with van der Waals surface area (Å²) in [4.78, 5) is 43.4. The second-order valence-corrected chi connectivity index (χ2v) is 9.53. The molecule has 0 bridgehead atoms. The van der Waals surface area contributed by atoms with E-state index in [1.807, 2.05) is 0 Å². The Morgan fingerprint density at radius 1 is 1.00 bits per heavy atom. The Morgan fingerprint density at radius 3 is 2.23 bits per heavy atom. The van der Waals surface area contributed by atoms with E-state index in [0.29, 0.717) is 28.4 Å². The van der Waals surface area contributed by atoms with Gasteiger partial charge in [0.15, 0.2) is 11.7 Å². The van der Waals surface area contributed by atoms with E-state index >= 15 is 0 Å². The fourth-order valence-corrected chi connectivity index (χ4v) is 4.72. The lowest BCUT2D eigenvalue weighted by Crippen LogP contribution is -2.39. The molecule has 206 valence electrons. The molecule has 0 radical (unpaired) electrons. The molecule has 4 rings (SSSR count). The third-order valence-electron chi connectivity index (χ3n) is 5.82. The van der Waals surface area contributed by atoms with Gasteiger partial charge < -0.3 is 31.2 Å². The normalized spacial score (nSPS) is 11.4. The number of aromatic nitrogens is 1. The molecule has 0 aliphatic heterocycles. The van der Waals surface area contributed by atoms with Crippen LogP contribution in [0.15, 0.2) is 72.8 Å². The zero-order chi connectivity index (χ0) is 28.8. The Balaban J connectivity index is 1.44. The Hall–Kier alpha value is -4.97. The van der Waals surface area contributed by atoms with Gasteiger partial charge in [-0.3, -0.25) is 14.4 Å². The Morgan fingerprint density at radius 2 is 1.62 bits per heavy atom. The molecule has 0 aliphatic rings. The molecule has 12 heteroatoms. The monoisotopic (exact) mass is 563 g/mol. The van der Waals surface area contributed by atoms with Gasteiger partial charge in [-0.1, -0.05) is 11.3 Å². The van der Waals surface area contributed by atoms with Gasteiger partial charge in [0, 0.05) is 16.9 Å². The van der Waals surface area contributed by atoms with Gasteiger partial charge >= 0.3 is 0 Å². The van der Waals surface area contributed by atoms with E-state index in [4.69, 9.17) is 20.9 Å². The van der Waals surface area contributed by atoms with Crippen molar-refractivity contribution in [2.24, 2.45) is 5.73 Å². The number of ether oxygens (including phenoxy) is 2. The summed E-state index contributed by atoms with van der Waals surface area (Å²) >= 11 is 0.984. The molecule has 0 fully saturated rings. The first-order chi connectivity index (χ1) is 19.2. The van der Waals surface area contributed by atoms with Crippen LogP contribution in [0.3, 0.4) is 0 Å². The van der Waals surface area contributed by atoms with Gasteiger partial charge in [0.1, 0.15) is 34.1 Å². The van der Waals surface area contributed by atoms with Crippen LogP contribution in [0.2, 0.25) is 0 Å². The first-order valence-electron chi connectivity index (χ1n) is 12.0. The van der Waals surface area contributed by atoms with E-state index in [2.05, 4.69) is 10.3 Å². The van der Waals surface area contributed by atoms with Gasteiger partial charge in [0.2, 0.25) is 11.7 Å². The predicted molar refractivity (Wildman–Crippen MR) is 151 cm³/mol. The topological polar surface area (TPSA) is 150 Å². The van der Waals surface area contributed by atoms with E-state index in [-0.39, 0.29) is 28.3 Å². The van der Waals surface area contributed by atoms with Crippen molar-refractivity contribution in [2.75, 3.05) is 29.7 Å². The summed E-state index contributed by atoms with van der Waals surface area (Å²) in [7, 11) is 1.56. The number of nitrogens with two attached hydrogens (primary N) is 2. The fraction of sp³-hybridized carbons (Fsp3) is 0.143. The van der Waals surface area contributed by atoms with Gasteiger partial charge in [-0.25, -0.2) is 9.37 Å². The Kier molecular flexibility index (Phi) is 8.60. The van der Waals surface area contributed by atoms with Crippen LogP contribution in [-0.4, -0.2) is 42.3 Å². The number of nitrogen functional groups attached to an aromatic ring is 1. The number of primary amides is 1. The number of benzene rings is 3. The number of carbonyl (C=O) groups is 3. The van der Waals surface area contributed by atoms with Crippen LogP contribution in [0.4, 0.5) is 26.7 Å². The van der Waals surface area contributed by atoms with E-state index in [9.17, 15) is 18.8 Å². The van der Waals surface area contributed by atoms with Gasteiger partial charge in [-0.2, -0.15) is 0 Å². The molecule has 5 N–H and O–H groups in total. The number of nitrogens with zero attached hydrogens (tertiary/aromatic N) is 2. The number of ketones is 1. The SMILES string of the molecule is COc1ccc(NC(=O)COc2ccc(C(=O)c3sc(N(c4ccc(F)cc4)C(C)C(N)=O)nc3N)cc2)cc1. The average Bonchev–Trinajstić information content (AvgIpc) is 3.34. The Labute approximate surface area is 233 Å². The maximum Gasteiger partial charge on any atom is 0.262 e. The highest BCUT2D eigenvalue weighted by Gasteiger charge is 2.27. The molecule has 1 atom stereocenters. The van der Waals surface area contributed by atoms with E-state index in [1.54, 1.807) is 62.6 Å². The number of methoxy groups -OCH3 is 1. The zero-order valence-corrected chi connectivity index (χ0v) is 22.4. The average molecular weight is 564 g/mol. The molecule has 0 saturated heterocycles. The standard InChI is InChI=1S/C28H26FN5O5S/c1-16(27(31)37)34(20-9-5-18(29)6-10-20)28-33-26(30)25(40-28)24(36)17-3-11-22(12-4-17)39-15-23(35)32-19-7-13-21(38-2)14-8-19/h3-14,16H,15,30H2,1-2H3,(H2,31,37)(H,32,35). The third kappa shape index (κ3) is 6.53. The van der Waals surface area contributed by atoms with Crippen molar-refractivity contribution in [1.82, 2.24) is 4.98 Å². The van der Waals surface area contributed by atoms with Gasteiger partial charge in [-0.15, -0.1) is 0 Å². The zero-order valence-electron chi connectivity index (χ0n) is 21.6.